The van der Waals surface area contributed by atoms with E-state index in [0.29, 0.717) is 25.2 Å². The molecule has 2 amide bonds. The molecule has 182 valence electrons. The molecule has 2 aliphatic rings. The summed E-state index contributed by atoms with van der Waals surface area (Å²) in [6, 6.07) is 15.6. The molecule has 0 saturated carbocycles. The van der Waals surface area contributed by atoms with Gasteiger partial charge in [0.15, 0.2) is 0 Å². The molecule has 1 saturated heterocycles. The van der Waals surface area contributed by atoms with Gasteiger partial charge in [-0.05, 0) is 50.7 Å². The van der Waals surface area contributed by atoms with Crippen molar-refractivity contribution in [1.29, 1.82) is 0 Å². The van der Waals surface area contributed by atoms with Gasteiger partial charge in [0.05, 0.1) is 25.7 Å². The van der Waals surface area contributed by atoms with E-state index in [-0.39, 0.29) is 43.0 Å². The minimum Gasteiger partial charge on any atom is -0.487 e. The Bertz CT molecular complexity index is 997. The number of rotatable bonds is 9. The van der Waals surface area contributed by atoms with E-state index < -0.39 is 6.10 Å². The molecule has 2 aromatic carbocycles. The highest BCUT2D eigenvalue weighted by Gasteiger charge is 2.46. The highest BCUT2D eigenvalue weighted by molar-refractivity contribution is 5.92. The van der Waals surface area contributed by atoms with Crippen LogP contribution in [0, 0.1) is 0 Å². The van der Waals surface area contributed by atoms with Crippen molar-refractivity contribution >= 4 is 17.5 Å². The zero-order valence-corrected chi connectivity index (χ0v) is 19.7. The van der Waals surface area contributed by atoms with Crippen molar-refractivity contribution in [2.24, 2.45) is 0 Å². The lowest BCUT2D eigenvalue weighted by Gasteiger charge is -2.37. The number of carbonyl (C=O) groups is 2. The number of amides is 2. The van der Waals surface area contributed by atoms with Crippen molar-refractivity contribution in [2.45, 2.75) is 43.5 Å². The fourth-order valence-electron chi connectivity index (χ4n) is 4.72. The molecule has 0 aliphatic carbocycles. The summed E-state index contributed by atoms with van der Waals surface area (Å²) in [5.41, 5.74) is 2.86. The van der Waals surface area contributed by atoms with Gasteiger partial charge >= 0.3 is 0 Å². The van der Waals surface area contributed by atoms with Gasteiger partial charge in [0.2, 0.25) is 11.8 Å². The van der Waals surface area contributed by atoms with Crippen LogP contribution in [0.25, 0.3) is 0 Å². The maximum atomic E-state index is 12.6. The molecule has 8 heteroatoms. The lowest BCUT2D eigenvalue weighted by molar-refractivity contribution is -0.142. The Balaban J connectivity index is 1.37. The number of likely N-dealkylation sites (N-methyl/N-ethyl adjacent to an activating group) is 1. The molecule has 2 aliphatic heterocycles. The molecule has 2 aromatic rings. The lowest BCUT2D eigenvalue weighted by Crippen LogP contribution is -2.47. The Morgan fingerprint density at radius 2 is 1.91 bits per heavy atom. The van der Waals surface area contributed by atoms with Crippen LogP contribution in [0.2, 0.25) is 0 Å². The average Bonchev–Trinajstić information content (AvgIpc) is 3.16. The van der Waals surface area contributed by atoms with E-state index >= 15 is 0 Å². The van der Waals surface area contributed by atoms with E-state index in [9.17, 15) is 14.7 Å². The van der Waals surface area contributed by atoms with Crippen LogP contribution < -0.4 is 15.4 Å². The second kappa shape index (κ2) is 11.0. The third-order valence-corrected chi connectivity index (χ3v) is 6.23. The molecule has 8 nitrogen and oxygen atoms in total. The van der Waals surface area contributed by atoms with Gasteiger partial charge in [-0.1, -0.05) is 30.3 Å². The number of benzene rings is 2. The molecule has 0 spiro atoms. The van der Waals surface area contributed by atoms with Crippen molar-refractivity contribution in [3.63, 3.8) is 0 Å². The van der Waals surface area contributed by atoms with Gasteiger partial charge in [0.1, 0.15) is 18.0 Å². The first-order valence-electron chi connectivity index (χ1n) is 11.7. The summed E-state index contributed by atoms with van der Waals surface area (Å²) < 4.78 is 12.1. The molecule has 2 heterocycles. The summed E-state index contributed by atoms with van der Waals surface area (Å²) in [5, 5.41) is 15.8. The molecule has 0 unspecified atom stereocenters. The largest absolute Gasteiger partial charge is 0.487 e. The van der Waals surface area contributed by atoms with Crippen LogP contribution in [0.3, 0.4) is 0 Å². The number of hydrogen-bond acceptors (Lipinski definition) is 6. The van der Waals surface area contributed by atoms with E-state index in [1.807, 2.05) is 67.5 Å². The fourth-order valence-corrected chi connectivity index (χ4v) is 4.72. The predicted molar refractivity (Wildman–Crippen MR) is 129 cm³/mol. The number of nitrogens with one attached hydrogen (secondary N) is 2. The number of fused-ring (bicyclic) bond motifs is 3. The molecule has 0 bridgehead atoms. The number of hydrogen-bond donors (Lipinski definition) is 3. The zero-order valence-electron chi connectivity index (χ0n) is 19.7. The van der Waals surface area contributed by atoms with Gasteiger partial charge in [0.25, 0.3) is 0 Å². The Kier molecular flexibility index (Phi) is 7.82. The zero-order chi connectivity index (χ0) is 24.1. The van der Waals surface area contributed by atoms with Gasteiger partial charge in [-0.25, -0.2) is 0 Å². The van der Waals surface area contributed by atoms with Crippen LogP contribution in [-0.2, 0) is 20.7 Å². The highest BCUT2D eigenvalue weighted by atomic mass is 16.6. The van der Waals surface area contributed by atoms with E-state index in [4.69, 9.17) is 9.47 Å². The van der Waals surface area contributed by atoms with Gasteiger partial charge in [0, 0.05) is 23.7 Å². The summed E-state index contributed by atoms with van der Waals surface area (Å²) in [6.07, 6.45) is 0.450. The summed E-state index contributed by atoms with van der Waals surface area (Å²) in [6.45, 7) is 0.669. The normalized spacial score (nSPS) is 23.1. The minimum atomic E-state index is -0.514. The molecule has 1 fully saturated rings. The molecule has 4 atom stereocenters. The molecule has 0 aromatic heterocycles. The van der Waals surface area contributed by atoms with Crippen molar-refractivity contribution in [3.8, 4) is 5.75 Å². The summed E-state index contributed by atoms with van der Waals surface area (Å²) >= 11 is 0. The molecular formula is C26H33N3O5. The van der Waals surface area contributed by atoms with E-state index in [0.717, 1.165) is 17.7 Å². The first kappa shape index (κ1) is 24.2. The Hall–Kier alpha value is -2.94. The maximum Gasteiger partial charge on any atom is 0.238 e. The van der Waals surface area contributed by atoms with E-state index in [2.05, 4.69) is 10.6 Å². The van der Waals surface area contributed by atoms with Gasteiger partial charge in [-0.3, -0.25) is 9.59 Å². The van der Waals surface area contributed by atoms with Crippen molar-refractivity contribution in [2.75, 3.05) is 39.1 Å². The third-order valence-electron chi connectivity index (χ3n) is 6.23. The maximum absolute atomic E-state index is 12.6. The first-order valence-corrected chi connectivity index (χ1v) is 11.7. The van der Waals surface area contributed by atoms with Crippen molar-refractivity contribution in [1.82, 2.24) is 10.2 Å². The second-order valence-corrected chi connectivity index (χ2v) is 9.23. The average molecular weight is 468 g/mol. The number of aliphatic hydroxyl groups is 1. The van der Waals surface area contributed by atoms with Crippen LogP contribution in [-0.4, -0.2) is 73.9 Å². The number of aliphatic hydroxyl groups excluding tert-OH is 1. The summed E-state index contributed by atoms with van der Waals surface area (Å²) in [7, 11) is 3.69. The Morgan fingerprint density at radius 1 is 1.12 bits per heavy atom. The smallest absolute Gasteiger partial charge is 0.238 e. The monoisotopic (exact) mass is 467 g/mol. The van der Waals surface area contributed by atoms with Crippen LogP contribution in [0.4, 0.5) is 5.69 Å². The number of ether oxygens (including phenoxy) is 2. The topological polar surface area (TPSA) is 100 Å². The standard InChI is InChI=1S/C26H33N3O5/c1-29(2)15-25(32)28-18-8-9-22-20(12-18)21-13-19(33-23(16-30)26(21)34-22)14-24(31)27-11-10-17-6-4-3-5-7-17/h3-9,12,19,21,23,26,30H,10-11,13-16H2,1-2H3,(H,27,31)(H,28,32)/t19-,21-,23-,26+/m0/s1. The summed E-state index contributed by atoms with van der Waals surface area (Å²) in [5.74, 6) is 0.551. The van der Waals surface area contributed by atoms with Crippen LogP contribution in [0.1, 0.15) is 29.9 Å². The predicted octanol–water partition coefficient (Wildman–Crippen LogP) is 1.93. The van der Waals surface area contributed by atoms with Gasteiger partial charge < -0.3 is 30.1 Å². The third kappa shape index (κ3) is 5.94. The van der Waals surface area contributed by atoms with Crippen molar-refractivity contribution < 1.29 is 24.2 Å². The number of nitrogens with zero attached hydrogens (tertiary/aromatic N) is 1. The first-order chi connectivity index (χ1) is 16.4. The number of carbonyl (C=O) groups excluding carboxylic acids is 2. The van der Waals surface area contributed by atoms with Crippen molar-refractivity contribution in [3.05, 3.63) is 59.7 Å². The van der Waals surface area contributed by atoms with E-state index in [1.165, 1.54) is 5.56 Å². The molecule has 3 N–H and O–H groups in total. The molecule has 4 rings (SSSR count). The second-order valence-electron chi connectivity index (χ2n) is 9.23. The highest BCUT2D eigenvalue weighted by Crippen LogP contribution is 2.47. The van der Waals surface area contributed by atoms with Gasteiger partial charge in [-0.15, -0.1) is 0 Å². The summed E-state index contributed by atoms with van der Waals surface area (Å²) in [4.78, 5) is 26.5. The lowest BCUT2D eigenvalue weighted by atomic mass is 9.84. The minimum absolute atomic E-state index is 0.0197. The fraction of sp³-hybridized carbons (Fsp3) is 0.462. The SMILES string of the molecule is CN(C)CC(=O)Nc1ccc2c(c1)[C@@H]1C[C@@H](CC(=O)NCCc3ccccc3)O[C@@H](CO)[C@@H]1O2. The molecule has 0 radical (unpaired) electrons. The molecule has 34 heavy (non-hydrogen) atoms. The Morgan fingerprint density at radius 3 is 2.65 bits per heavy atom. The van der Waals surface area contributed by atoms with Crippen LogP contribution in [0.15, 0.2) is 48.5 Å². The number of anilines is 1. The Labute approximate surface area is 200 Å². The van der Waals surface area contributed by atoms with E-state index in [1.54, 1.807) is 0 Å². The van der Waals surface area contributed by atoms with Crippen LogP contribution in [0.5, 0.6) is 5.75 Å². The molecular weight excluding hydrogens is 434 g/mol. The van der Waals surface area contributed by atoms with Crippen LogP contribution >= 0.6 is 0 Å². The van der Waals surface area contributed by atoms with Gasteiger partial charge in [-0.2, -0.15) is 0 Å². The quantitative estimate of drug-likeness (QED) is 0.521.